The number of rotatable bonds is 4. The van der Waals surface area contributed by atoms with Crippen molar-refractivity contribution >= 4 is 11.9 Å². The Bertz CT molecular complexity index is 120. The van der Waals surface area contributed by atoms with Crippen LogP contribution in [0.2, 0.25) is 0 Å². The molecule has 0 aliphatic rings. The molecule has 2 atom stereocenters. The van der Waals surface area contributed by atoms with Crippen LogP contribution >= 0.6 is 11.9 Å². The quantitative estimate of drug-likeness (QED) is 0.528. The zero-order chi connectivity index (χ0) is 9.78. The van der Waals surface area contributed by atoms with Crippen molar-refractivity contribution in [2.24, 2.45) is 5.41 Å². The molecule has 0 heterocycles. The molecule has 0 aliphatic carbocycles. The van der Waals surface area contributed by atoms with Gasteiger partial charge in [0.25, 0.3) is 0 Å². The van der Waals surface area contributed by atoms with Crippen molar-refractivity contribution < 1.29 is 5.11 Å². The minimum absolute atomic E-state index is 0.326. The lowest BCUT2D eigenvalue weighted by atomic mass is 9.89. The van der Waals surface area contributed by atoms with Crippen LogP contribution < -0.4 is 4.72 Å². The van der Waals surface area contributed by atoms with Gasteiger partial charge in [0.1, 0.15) is 5.44 Å². The molecular weight excluding hydrogens is 170 g/mol. The number of nitrogens with one attached hydrogen (secondary N) is 1. The van der Waals surface area contributed by atoms with Crippen molar-refractivity contribution in [1.82, 2.24) is 4.72 Å². The number of hydrogen-bond acceptors (Lipinski definition) is 3. The molecule has 0 amide bonds. The van der Waals surface area contributed by atoms with Gasteiger partial charge in [0.15, 0.2) is 0 Å². The second-order valence-electron chi connectivity index (χ2n) is 4.50. The highest BCUT2D eigenvalue weighted by Gasteiger charge is 2.15. The van der Waals surface area contributed by atoms with Crippen molar-refractivity contribution in [3.05, 3.63) is 0 Å². The Balaban J connectivity index is 3.53. The van der Waals surface area contributed by atoms with Crippen LogP contribution in [0.4, 0.5) is 0 Å². The SMILES string of the molecule is CC(CC(C)(C)C)NSC(C)O. The second-order valence-corrected chi connectivity index (χ2v) is 5.65. The van der Waals surface area contributed by atoms with E-state index in [4.69, 9.17) is 5.11 Å². The maximum absolute atomic E-state index is 9.00. The van der Waals surface area contributed by atoms with E-state index in [2.05, 4.69) is 32.4 Å². The summed E-state index contributed by atoms with van der Waals surface area (Å²) < 4.78 is 3.21. The first-order chi connectivity index (χ1) is 5.31. The minimum atomic E-state index is -0.326. The van der Waals surface area contributed by atoms with Crippen LogP contribution in [0.5, 0.6) is 0 Å². The zero-order valence-corrected chi connectivity index (χ0v) is 9.53. The van der Waals surface area contributed by atoms with Gasteiger partial charge in [0.05, 0.1) is 0 Å². The molecule has 0 spiro atoms. The molecule has 0 aromatic carbocycles. The first-order valence-electron chi connectivity index (χ1n) is 4.40. The number of aliphatic hydroxyl groups is 1. The Hall–Kier alpha value is 0.270. The third-order valence-corrected chi connectivity index (χ3v) is 2.24. The summed E-state index contributed by atoms with van der Waals surface area (Å²) in [6.07, 6.45) is 1.12. The molecule has 74 valence electrons. The van der Waals surface area contributed by atoms with Gasteiger partial charge in [-0.1, -0.05) is 32.7 Å². The van der Waals surface area contributed by atoms with Gasteiger partial charge in [-0.05, 0) is 25.7 Å². The fraction of sp³-hybridized carbons (Fsp3) is 1.00. The van der Waals surface area contributed by atoms with Crippen molar-refractivity contribution in [2.45, 2.75) is 52.5 Å². The third kappa shape index (κ3) is 8.37. The Labute approximate surface area is 80.3 Å². The Morgan fingerprint density at radius 1 is 1.33 bits per heavy atom. The monoisotopic (exact) mass is 191 g/mol. The van der Waals surface area contributed by atoms with Gasteiger partial charge in [-0.15, -0.1) is 0 Å². The van der Waals surface area contributed by atoms with Crippen molar-refractivity contribution in [2.75, 3.05) is 0 Å². The summed E-state index contributed by atoms with van der Waals surface area (Å²) in [6.45, 7) is 10.6. The highest BCUT2D eigenvalue weighted by molar-refractivity contribution is 7.97. The van der Waals surface area contributed by atoms with Crippen LogP contribution in [-0.4, -0.2) is 16.6 Å². The first kappa shape index (κ1) is 12.3. The summed E-state index contributed by atoms with van der Waals surface area (Å²) in [5, 5.41) is 9.00. The lowest BCUT2D eigenvalue weighted by molar-refractivity contribution is 0.280. The van der Waals surface area contributed by atoms with E-state index in [1.54, 1.807) is 6.92 Å². The summed E-state index contributed by atoms with van der Waals surface area (Å²) in [7, 11) is 0. The molecule has 0 rings (SSSR count). The van der Waals surface area contributed by atoms with Gasteiger partial charge < -0.3 is 5.11 Å². The van der Waals surface area contributed by atoms with E-state index >= 15 is 0 Å². The Morgan fingerprint density at radius 2 is 1.83 bits per heavy atom. The second kappa shape index (κ2) is 5.10. The van der Waals surface area contributed by atoms with Crippen LogP contribution in [0.1, 0.15) is 41.0 Å². The molecule has 2 N–H and O–H groups in total. The molecular formula is C9H21NOS. The molecule has 0 radical (unpaired) electrons. The molecule has 0 aliphatic heterocycles. The summed E-state index contributed by atoms with van der Waals surface area (Å²) in [6, 6.07) is 0.449. The van der Waals surface area contributed by atoms with Crippen LogP contribution in [-0.2, 0) is 0 Å². The standard InChI is InChI=1S/C9H21NOS/c1-7(6-9(3,4)5)10-12-8(2)11/h7-8,10-11H,6H2,1-5H3. The minimum Gasteiger partial charge on any atom is -0.381 e. The highest BCUT2D eigenvalue weighted by Crippen LogP contribution is 2.21. The maximum atomic E-state index is 9.00. The van der Waals surface area contributed by atoms with Crippen molar-refractivity contribution in [3.63, 3.8) is 0 Å². The lowest BCUT2D eigenvalue weighted by Crippen LogP contribution is -2.26. The summed E-state index contributed by atoms with van der Waals surface area (Å²) >= 11 is 1.39. The Morgan fingerprint density at radius 3 is 2.17 bits per heavy atom. The van der Waals surface area contributed by atoms with E-state index in [1.165, 1.54) is 11.9 Å². The molecule has 2 unspecified atom stereocenters. The van der Waals surface area contributed by atoms with E-state index in [-0.39, 0.29) is 5.44 Å². The van der Waals surface area contributed by atoms with E-state index < -0.39 is 0 Å². The molecule has 0 saturated carbocycles. The molecule has 0 aromatic rings. The number of aliphatic hydroxyl groups excluding tert-OH is 1. The number of hydrogen-bond donors (Lipinski definition) is 2. The predicted molar refractivity (Wildman–Crippen MR) is 55.9 cm³/mol. The third-order valence-electron chi connectivity index (χ3n) is 1.36. The van der Waals surface area contributed by atoms with Gasteiger partial charge in [0.2, 0.25) is 0 Å². The predicted octanol–water partition coefficient (Wildman–Crippen LogP) is 2.39. The summed E-state index contributed by atoms with van der Waals surface area (Å²) in [5.74, 6) is 0. The molecule has 0 saturated heterocycles. The average molecular weight is 191 g/mol. The molecule has 0 bridgehead atoms. The molecule has 0 aromatic heterocycles. The smallest absolute Gasteiger partial charge is 0.110 e. The maximum Gasteiger partial charge on any atom is 0.110 e. The van der Waals surface area contributed by atoms with E-state index in [1.807, 2.05) is 0 Å². The van der Waals surface area contributed by atoms with Gasteiger partial charge in [-0.3, -0.25) is 4.72 Å². The van der Waals surface area contributed by atoms with Crippen LogP contribution in [0, 0.1) is 5.41 Å². The van der Waals surface area contributed by atoms with Crippen LogP contribution in [0.3, 0.4) is 0 Å². The molecule has 3 heteroatoms. The van der Waals surface area contributed by atoms with Crippen molar-refractivity contribution in [3.8, 4) is 0 Å². The van der Waals surface area contributed by atoms with E-state index in [0.29, 0.717) is 11.5 Å². The highest BCUT2D eigenvalue weighted by atomic mass is 32.2. The molecule has 12 heavy (non-hydrogen) atoms. The Kier molecular flexibility index (Phi) is 5.21. The lowest BCUT2D eigenvalue weighted by Gasteiger charge is -2.23. The topological polar surface area (TPSA) is 32.3 Å². The van der Waals surface area contributed by atoms with Gasteiger partial charge in [-0.2, -0.15) is 0 Å². The molecule has 2 nitrogen and oxygen atoms in total. The van der Waals surface area contributed by atoms with Gasteiger partial charge >= 0.3 is 0 Å². The fourth-order valence-electron chi connectivity index (χ4n) is 1.17. The molecule has 0 fully saturated rings. The van der Waals surface area contributed by atoms with E-state index in [9.17, 15) is 0 Å². The summed E-state index contributed by atoms with van der Waals surface area (Å²) in [4.78, 5) is 0. The van der Waals surface area contributed by atoms with Crippen LogP contribution in [0.25, 0.3) is 0 Å². The zero-order valence-electron chi connectivity index (χ0n) is 8.72. The van der Waals surface area contributed by atoms with Gasteiger partial charge in [0, 0.05) is 6.04 Å². The van der Waals surface area contributed by atoms with E-state index in [0.717, 1.165) is 6.42 Å². The summed E-state index contributed by atoms with van der Waals surface area (Å²) in [5.41, 5.74) is 0.0264. The first-order valence-corrected chi connectivity index (χ1v) is 5.28. The fourth-order valence-corrected chi connectivity index (χ4v) is 1.69. The van der Waals surface area contributed by atoms with Gasteiger partial charge in [-0.25, -0.2) is 0 Å². The normalized spacial score (nSPS) is 17.5. The average Bonchev–Trinajstić information content (AvgIpc) is 1.79. The largest absolute Gasteiger partial charge is 0.381 e. The van der Waals surface area contributed by atoms with Crippen LogP contribution in [0.15, 0.2) is 0 Å². The van der Waals surface area contributed by atoms with Crippen molar-refractivity contribution in [1.29, 1.82) is 0 Å².